The van der Waals surface area contributed by atoms with Gasteiger partial charge in [0.1, 0.15) is 11.6 Å². The van der Waals surface area contributed by atoms with Crippen molar-refractivity contribution in [2.75, 3.05) is 17.7 Å². The van der Waals surface area contributed by atoms with Crippen molar-refractivity contribution in [3.8, 4) is 0 Å². The fraction of sp³-hybridized carbons (Fsp3) is 0.167. The maximum Gasteiger partial charge on any atom is 0.451 e. The lowest BCUT2D eigenvalue weighted by Crippen LogP contribution is -2.13. The van der Waals surface area contributed by atoms with Gasteiger partial charge in [0.25, 0.3) is 0 Å². The number of anilines is 3. The lowest BCUT2D eigenvalue weighted by atomic mass is 10.3. The molecule has 21 heavy (non-hydrogen) atoms. The molecule has 0 spiro atoms. The topological polar surface area (TPSA) is 49.8 Å². The molecule has 0 atom stereocenters. The molecule has 2 aromatic rings. The van der Waals surface area contributed by atoms with E-state index >= 15 is 0 Å². The highest BCUT2D eigenvalue weighted by molar-refractivity contribution is 9.10. The standard InChI is InChI=1S/C12H9BrClF3N4/c1-18-9-5-10(21-11(20-9)12(15,16)17)19-6-2-3-8(14)7(13)4-6/h2-5H,1H3,(H2,18,19,20,21). The molecule has 0 saturated heterocycles. The highest BCUT2D eigenvalue weighted by atomic mass is 79.9. The van der Waals surface area contributed by atoms with E-state index in [1.54, 1.807) is 18.2 Å². The summed E-state index contributed by atoms with van der Waals surface area (Å²) in [6, 6.07) is 6.24. The molecule has 0 aliphatic carbocycles. The first-order valence-electron chi connectivity index (χ1n) is 5.65. The summed E-state index contributed by atoms with van der Waals surface area (Å²) in [6.07, 6.45) is -4.62. The van der Waals surface area contributed by atoms with E-state index in [4.69, 9.17) is 11.6 Å². The van der Waals surface area contributed by atoms with Gasteiger partial charge in [0.2, 0.25) is 5.82 Å². The maximum atomic E-state index is 12.7. The molecule has 9 heteroatoms. The summed E-state index contributed by atoms with van der Waals surface area (Å²) in [5.41, 5.74) is 0.542. The first-order valence-corrected chi connectivity index (χ1v) is 6.83. The first kappa shape index (κ1) is 15.8. The Balaban J connectivity index is 2.36. The number of halogens is 5. The summed E-state index contributed by atoms with van der Waals surface area (Å²) in [7, 11) is 1.48. The normalized spacial score (nSPS) is 11.3. The zero-order valence-electron chi connectivity index (χ0n) is 10.6. The predicted molar refractivity (Wildman–Crippen MR) is 79.0 cm³/mol. The average Bonchev–Trinajstić information content (AvgIpc) is 2.41. The molecule has 0 fully saturated rings. The van der Waals surface area contributed by atoms with Crippen molar-refractivity contribution >= 4 is 44.9 Å². The Morgan fingerprint density at radius 1 is 1.14 bits per heavy atom. The molecule has 2 rings (SSSR count). The minimum absolute atomic E-state index is 0.0240. The number of hydrogen-bond donors (Lipinski definition) is 2. The van der Waals surface area contributed by atoms with Gasteiger partial charge in [-0.2, -0.15) is 13.2 Å². The van der Waals surface area contributed by atoms with Gasteiger partial charge in [-0.25, -0.2) is 9.97 Å². The smallest absolute Gasteiger partial charge is 0.373 e. The fourth-order valence-corrected chi connectivity index (χ4v) is 1.98. The van der Waals surface area contributed by atoms with Crippen LogP contribution in [0.4, 0.5) is 30.5 Å². The van der Waals surface area contributed by atoms with Crippen molar-refractivity contribution in [3.63, 3.8) is 0 Å². The second-order valence-electron chi connectivity index (χ2n) is 3.96. The molecule has 0 saturated carbocycles. The maximum absolute atomic E-state index is 12.7. The molecule has 112 valence electrons. The van der Waals surface area contributed by atoms with Crippen molar-refractivity contribution < 1.29 is 13.2 Å². The third-order valence-electron chi connectivity index (χ3n) is 2.43. The third kappa shape index (κ3) is 3.98. The lowest BCUT2D eigenvalue weighted by Gasteiger charge is -2.12. The Kier molecular flexibility index (Phi) is 4.58. The molecular formula is C12H9BrClF3N4. The van der Waals surface area contributed by atoms with Gasteiger partial charge in [-0.3, -0.25) is 0 Å². The molecule has 2 N–H and O–H groups in total. The van der Waals surface area contributed by atoms with E-state index in [2.05, 4.69) is 36.5 Å². The van der Waals surface area contributed by atoms with E-state index in [0.29, 0.717) is 15.2 Å². The minimum Gasteiger partial charge on any atom is -0.373 e. The second kappa shape index (κ2) is 6.07. The number of alkyl halides is 3. The predicted octanol–water partition coefficient (Wildman–Crippen LogP) is 4.70. The highest BCUT2D eigenvalue weighted by Gasteiger charge is 2.35. The number of nitrogens with zero attached hydrogens (tertiary/aromatic N) is 2. The summed E-state index contributed by atoms with van der Waals surface area (Å²) in [5.74, 6) is -1.13. The molecule has 0 aliphatic heterocycles. The van der Waals surface area contributed by atoms with Crippen LogP contribution in [-0.2, 0) is 6.18 Å². The van der Waals surface area contributed by atoms with E-state index in [-0.39, 0.29) is 11.6 Å². The van der Waals surface area contributed by atoms with Crippen LogP contribution in [0.3, 0.4) is 0 Å². The van der Waals surface area contributed by atoms with Crippen LogP contribution in [0.15, 0.2) is 28.7 Å². The van der Waals surface area contributed by atoms with Crippen LogP contribution in [0.25, 0.3) is 0 Å². The van der Waals surface area contributed by atoms with Gasteiger partial charge in [0.05, 0.1) is 5.02 Å². The number of rotatable bonds is 3. The van der Waals surface area contributed by atoms with Crippen molar-refractivity contribution in [2.24, 2.45) is 0 Å². The van der Waals surface area contributed by atoms with Crippen LogP contribution in [0.5, 0.6) is 0 Å². The molecule has 1 aromatic heterocycles. The minimum atomic E-state index is -4.62. The highest BCUT2D eigenvalue weighted by Crippen LogP contribution is 2.30. The van der Waals surface area contributed by atoms with Crippen molar-refractivity contribution in [3.05, 3.63) is 39.6 Å². The lowest BCUT2D eigenvalue weighted by molar-refractivity contribution is -0.144. The summed E-state index contributed by atoms with van der Waals surface area (Å²) in [6.45, 7) is 0. The first-order chi connectivity index (χ1) is 9.79. The quantitative estimate of drug-likeness (QED) is 0.809. The van der Waals surface area contributed by atoms with Gasteiger partial charge in [-0.05, 0) is 34.1 Å². The largest absolute Gasteiger partial charge is 0.451 e. The molecule has 1 heterocycles. The van der Waals surface area contributed by atoms with Gasteiger partial charge in [0.15, 0.2) is 0 Å². The van der Waals surface area contributed by atoms with Crippen LogP contribution in [0, 0.1) is 0 Å². The Bertz CT molecular complexity index is 663. The van der Waals surface area contributed by atoms with Gasteiger partial charge in [-0.1, -0.05) is 11.6 Å². The zero-order valence-corrected chi connectivity index (χ0v) is 12.9. The molecular weight excluding hydrogens is 373 g/mol. The zero-order chi connectivity index (χ0) is 15.6. The van der Waals surface area contributed by atoms with Crippen LogP contribution in [0.1, 0.15) is 5.82 Å². The summed E-state index contributed by atoms with van der Waals surface area (Å²) >= 11 is 9.09. The van der Waals surface area contributed by atoms with Gasteiger partial charge in [0, 0.05) is 23.3 Å². The van der Waals surface area contributed by atoms with Crippen LogP contribution < -0.4 is 10.6 Å². The van der Waals surface area contributed by atoms with Crippen LogP contribution in [0.2, 0.25) is 5.02 Å². The molecule has 1 aromatic carbocycles. The summed E-state index contributed by atoms with van der Waals surface area (Å²) in [5, 5.41) is 5.84. The van der Waals surface area contributed by atoms with E-state index in [9.17, 15) is 13.2 Å². The van der Waals surface area contributed by atoms with Crippen LogP contribution >= 0.6 is 27.5 Å². The fourth-order valence-electron chi connectivity index (χ4n) is 1.49. The van der Waals surface area contributed by atoms with Crippen molar-refractivity contribution in [1.82, 2.24) is 9.97 Å². The Labute approximate surface area is 131 Å². The Hall–Kier alpha value is -1.54. The number of aromatic nitrogens is 2. The van der Waals surface area contributed by atoms with Crippen molar-refractivity contribution in [2.45, 2.75) is 6.18 Å². The molecule has 0 aliphatic rings. The average molecular weight is 382 g/mol. The monoisotopic (exact) mass is 380 g/mol. The summed E-state index contributed by atoms with van der Waals surface area (Å²) < 4.78 is 38.8. The van der Waals surface area contributed by atoms with E-state index < -0.39 is 12.0 Å². The summed E-state index contributed by atoms with van der Waals surface area (Å²) in [4.78, 5) is 6.84. The van der Waals surface area contributed by atoms with E-state index in [1.807, 2.05) is 0 Å². The second-order valence-corrected chi connectivity index (χ2v) is 5.23. The molecule has 4 nitrogen and oxygen atoms in total. The Morgan fingerprint density at radius 2 is 1.81 bits per heavy atom. The van der Waals surface area contributed by atoms with Crippen molar-refractivity contribution in [1.29, 1.82) is 0 Å². The third-order valence-corrected chi connectivity index (χ3v) is 3.64. The van der Waals surface area contributed by atoms with Gasteiger partial charge >= 0.3 is 6.18 Å². The molecule has 0 bridgehead atoms. The van der Waals surface area contributed by atoms with Gasteiger partial charge < -0.3 is 10.6 Å². The van der Waals surface area contributed by atoms with E-state index in [0.717, 1.165) is 0 Å². The molecule has 0 radical (unpaired) electrons. The SMILES string of the molecule is CNc1cc(Nc2ccc(Cl)c(Br)c2)nc(C(F)(F)F)n1. The van der Waals surface area contributed by atoms with E-state index in [1.165, 1.54) is 13.1 Å². The molecule has 0 amide bonds. The van der Waals surface area contributed by atoms with Gasteiger partial charge in [-0.15, -0.1) is 0 Å². The Morgan fingerprint density at radius 3 is 2.38 bits per heavy atom. The number of nitrogens with one attached hydrogen (secondary N) is 2. The van der Waals surface area contributed by atoms with Crippen LogP contribution in [-0.4, -0.2) is 17.0 Å². The number of benzene rings is 1. The molecule has 0 unspecified atom stereocenters. The number of hydrogen-bond acceptors (Lipinski definition) is 4.